The number of aromatic amines is 1. The quantitative estimate of drug-likeness (QED) is 0.702. The number of nitrogens with two attached hydrogens (primary N) is 1. The van der Waals surface area contributed by atoms with Crippen LogP contribution in [0.15, 0.2) is 24.7 Å². The topological polar surface area (TPSA) is 79.6 Å². The number of aryl methyl sites for hydroxylation is 1. The molecule has 0 saturated carbocycles. The molecule has 2 aromatic heterocycles. The van der Waals surface area contributed by atoms with Crippen LogP contribution in [0.5, 0.6) is 0 Å². The van der Waals surface area contributed by atoms with Gasteiger partial charge >= 0.3 is 0 Å². The summed E-state index contributed by atoms with van der Waals surface area (Å²) in [5, 5.41) is 9.81. The third-order valence-corrected chi connectivity index (χ3v) is 2.18. The van der Waals surface area contributed by atoms with Crippen LogP contribution in [0.2, 0.25) is 0 Å². The van der Waals surface area contributed by atoms with E-state index in [1.165, 1.54) is 0 Å². The predicted molar refractivity (Wildman–Crippen MR) is 59.3 cm³/mol. The van der Waals surface area contributed by atoms with Crippen LogP contribution in [0.3, 0.4) is 0 Å². The Kier molecular flexibility index (Phi) is 2.53. The SMILES string of the molecule is Cc1cc(NCc2cn[nH]c2)ncc1N. The van der Waals surface area contributed by atoms with Crippen LogP contribution >= 0.6 is 0 Å². The minimum Gasteiger partial charge on any atom is -0.397 e. The number of hydrogen-bond donors (Lipinski definition) is 3. The predicted octanol–water partition coefficient (Wildman–Crippen LogP) is 1.31. The van der Waals surface area contributed by atoms with E-state index in [0.29, 0.717) is 12.2 Å². The second-order valence-corrected chi connectivity index (χ2v) is 3.39. The molecule has 0 aliphatic heterocycles. The summed E-state index contributed by atoms with van der Waals surface area (Å²) >= 11 is 0. The number of nitrogens with one attached hydrogen (secondary N) is 2. The zero-order chi connectivity index (χ0) is 10.7. The number of rotatable bonds is 3. The fourth-order valence-corrected chi connectivity index (χ4v) is 1.23. The highest BCUT2D eigenvalue weighted by atomic mass is 15.1. The second-order valence-electron chi connectivity index (χ2n) is 3.39. The lowest BCUT2D eigenvalue weighted by atomic mass is 10.2. The maximum Gasteiger partial charge on any atom is 0.126 e. The van der Waals surface area contributed by atoms with Crippen molar-refractivity contribution in [1.82, 2.24) is 15.2 Å². The fourth-order valence-electron chi connectivity index (χ4n) is 1.23. The Morgan fingerprint density at radius 1 is 1.47 bits per heavy atom. The first-order chi connectivity index (χ1) is 7.25. The number of anilines is 2. The maximum absolute atomic E-state index is 5.67. The maximum atomic E-state index is 5.67. The van der Waals surface area contributed by atoms with E-state index in [-0.39, 0.29) is 0 Å². The molecule has 15 heavy (non-hydrogen) atoms. The minimum absolute atomic E-state index is 0.701. The van der Waals surface area contributed by atoms with Gasteiger partial charge in [-0.25, -0.2) is 4.98 Å². The molecule has 0 fully saturated rings. The summed E-state index contributed by atoms with van der Waals surface area (Å²) in [4.78, 5) is 4.17. The molecule has 78 valence electrons. The van der Waals surface area contributed by atoms with Crippen molar-refractivity contribution in [2.45, 2.75) is 13.5 Å². The van der Waals surface area contributed by atoms with Crippen molar-refractivity contribution in [2.75, 3.05) is 11.1 Å². The van der Waals surface area contributed by atoms with Crippen molar-refractivity contribution in [3.05, 3.63) is 35.8 Å². The molecule has 0 aromatic carbocycles. The van der Waals surface area contributed by atoms with Crippen molar-refractivity contribution >= 4 is 11.5 Å². The van der Waals surface area contributed by atoms with Crippen molar-refractivity contribution in [3.8, 4) is 0 Å². The number of aromatic nitrogens is 3. The number of H-pyrrole nitrogens is 1. The second kappa shape index (κ2) is 4.00. The van der Waals surface area contributed by atoms with Gasteiger partial charge in [0, 0.05) is 18.3 Å². The molecule has 0 bridgehead atoms. The van der Waals surface area contributed by atoms with E-state index >= 15 is 0 Å². The lowest BCUT2D eigenvalue weighted by Crippen LogP contribution is -2.01. The summed E-state index contributed by atoms with van der Waals surface area (Å²) in [6.07, 6.45) is 5.28. The van der Waals surface area contributed by atoms with E-state index in [1.54, 1.807) is 12.4 Å². The normalized spacial score (nSPS) is 10.2. The van der Waals surface area contributed by atoms with Gasteiger partial charge in [0.15, 0.2) is 0 Å². The molecule has 0 atom stereocenters. The van der Waals surface area contributed by atoms with Crippen LogP contribution < -0.4 is 11.1 Å². The largest absolute Gasteiger partial charge is 0.397 e. The van der Waals surface area contributed by atoms with Gasteiger partial charge in [-0.15, -0.1) is 0 Å². The summed E-state index contributed by atoms with van der Waals surface area (Å²) in [7, 11) is 0. The molecule has 0 radical (unpaired) electrons. The number of nitrogen functional groups attached to an aromatic ring is 1. The van der Waals surface area contributed by atoms with E-state index < -0.39 is 0 Å². The molecule has 2 rings (SSSR count). The van der Waals surface area contributed by atoms with Crippen LogP contribution in [0, 0.1) is 6.92 Å². The highest BCUT2D eigenvalue weighted by Crippen LogP contribution is 2.13. The van der Waals surface area contributed by atoms with Gasteiger partial charge in [0.1, 0.15) is 5.82 Å². The average molecular weight is 203 g/mol. The monoisotopic (exact) mass is 203 g/mol. The van der Waals surface area contributed by atoms with Crippen molar-refractivity contribution in [2.24, 2.45) is 0 Å². The smallest absolute Gasteiger partial charge is 0.126 e. The summed E-state index contributed by atoms with van der Waals surface area (Å²) in [5.74, 6) is 0.822. The first-order valence-corrected chi connectivity index (χ1v) is 4.69. The lowest BCUT2D eigenvalue weighted by Gasteiger charge is -2.05. The Balaban J connectivity index is 2.02. The third-order valence-electron chi connectivity index (χ3n) is 2.18. The Labute approximate surface area is 87.7 Å². The fraction of sp³-hybridized carbons (Fsp3) is 0.200. The van der Waals surface area contributed by atoms with Crippen LogP contribution in [0.25, 0.3) is 0 Å². The highest BCUT2D eigenvalue weighted by molar-refractivity contribution is 5.50. The van der Waals surface area contributed by atoms with Crippen LogP contribution in [0.1, 0.15) is 11.1 Å². The molecule has 2 aromatic rings. The Hall–Kier alpha value is -2.04. The van der Waals surface area contributed by atoms with Crippen LogP contribution in [-0.4, -0.2) is 15.2 Å². The van der Waals surface area contributed by atoms with Crippen molar-refractivity contribution in [1.29, 1.82) is 0 Å². The lowest BCUT2D eigenvalue weighted by molar-refractivity contribution is 1.09. The zero-order valence-corrected chi connectivity index (χ0v) is 8.49. The number of pyridine rings is 1. The molecular weight excluding hydrogens is 190 g/mol. The van der Waals surface area contributed by atoms with Crippen LogP contribution in [-0.2, 0) is 6.54 Å². The Morgan fingerprint density at radius 2 is 2.33 bits per heavy atom. The summed E-state index contributed by atoms with van der Waals surface area (Å²) in [6.45, 7) is 2.66. The standard InChI is InChI=1S/C10H13N5/c1-7-2-10(13-6-9(7)11)12-3-8-4-14-15-5-8/h2,4-6H,3,11H2,1H3,(H,12,13)(H,14,15). The van der Waals surface area contributed by atoms with Gasteiger partial charge in [0.25, 0.3) is 0 Å². The average Bonchev–Trinajstić information content (AvgIpc) is 2.73. The highest BCUT2D eigenvalue weighted by Gasteiger charge is 1.98. The Morgan fingerprint density at radius 3 is 3.00 bits per heavy atom. The zero-order valence-electron chi connectivity index (χ0n) is 8.49. The molecule has 0 aliphatic carbocycles. The van der Waals surface area contributed by atoms with E-state index in [4.69, 9.17) is 5.73 Å². The minimum atomic E-state index is 0.701. The van der Waals surface area contributed by atoms with Gasteiger partial charge < -0.3 is 11.1 Å². The van der Waals surface area contributed by atoms with Crippen molar-refractivity contribution in [3.63, 3.8) is 0 Å². The molecule has 0 unspecified atom stereocenters. The molecular formula is C10H13N5. The summed E-state index contributed by atoms with van der Waals surface area (Å²) in [5.41, 5.74) is 8.50. The molecule has 0 aliphatic rings. The first kappa shape index (κ1) is 9.51. The van der Waals surface area contributed by atoms with Crippen LogP contribution in [0.4, 0.5) is 11.5 Å². The Bertz CT molecular complexity index is 435. The molecule has 5 heteroatoms. The summed E-state index contributed by atoms with van der Waals surface area (Å²) in [6, 6.07) is 1.93. The van der Waals surface area contributed by atoms with Gasteiger partial charge in [-0.3, -0.25) is 5.10 Å². The number of nitrogens with zero attached hydrogens (tertiary/aromatic N) is 2. The van der Waals surface area contributed by atoms with E-state index in [2.05, 4.69) is 20.5 Å². The van der Waals surface area contributed by atoms with E-state index in [1.807, 2.05) is 19.2 Å². The number of hydrogen-bond acceptors (Lipinski definition) is 4. The van der Waals surface area contributed by atoms with Gasteiger partial charge in [0.2, 0.25) is 0 Å². The van der Waals surface area contributed by atoms with Crippen molar-refractivity contribution < 1.29 is 0 Å². The summed E-state index contributed by atoms with van der Waals surface area (Å²) < 4.78 is 0. The van der Waals surface area contributed by atoms with E-state index in [9.17, 15) is 0 Å². The van der Waals surface area contributed by atoms with Gasteiger partial charge in [-0.1, -0.05) is 0 Å². The molecule has 4 N–H and O–H groups in total. The molecule has 0 amide bonds. The third kappa shape index (κ3) is 2.25. The molecule has 0 saturated heterocycles. The molecule has 5 nitrogen and oxygen atoms in total. The van der Waals surface area contributed by atoms with Gasteiger partial charge in [-0.2, -0.15) is 5.10 Å². The van der Waals surface area contributed by atoms with Gasteiger partial charge in [-0.05, 0) is 18.6 Å². The molecule has 2 heterocycles. The first-order valence-electron chi connectivity index (χ1n) is 4.69. The van der Waals surface area contributed by atoms with Gasteiger partial charge in [0.05, 0.1) is 18.1 Å². The molecule has 0 spiro atoms. The van der Waals surface area contributed by atoms with E-state index in [0.717, 1.165) is 16.9 Å².